The van der Waals surface area contributed by atoms with Crippen LogP contribution in [-0.4, -0.2) is 16.1 Å². The summed E-state index contributed by atoms with van der Waals surface area (Å²) >= 11 is 0. The van der Waals surface area contributed by atoms with Crippen molar-refractivity contribution < 1.29 is 0 Å². The summed E-state index contributed by atoms with van der Waals surface area (Å²) in [6.45, 7) is 23.9. The van der Waals surface area contributed by atoms with Crippen molar-refractivity contribution in [2.45, 2.75) is 78.8 Å². The van der Waals surface area contributed by atoms with Crippen molar-refractivity contribution in [3.8, 4) is 0 Å². The van der Waals surface area contributed by atoms with E-state index in [2.05, 4.69) is 259 Å². The molecule has 0 radical (unpaired) electrons. The highest BCUT2D eigenvalue weighted by Crippen LogP contribution is 2.48. The van der Waals surface area contributed by atoms with Crippen LogP contribution >= 0.6 is 0 Å². The summed E-state index contributed by atoms with van der Waals surface area (Å²) in [5.41, 5.74) is 9.67. The largest absolute Gasteiger partial charge is 0.310 e. The third kappa shape index (κ3) is 8.01. The van der Waals surface area contributed by atoms with E-state index in [-0.39, 0.29) is 0 Å². The predicted molar refractivity (Wildman–Crippen MR) is 297 cm³/mol. The monoisotopic (exact) mass is 890 g/mol. The van der Waals surface area contributed by atoms with Crippen molar-refractivity contribution in [1.82, 2.24) is 0 Å². The fourth-order valence-corrected chi connectivity index (χ4v) is 12.2. The summed E-state index contributed by atoms with van der Waals surface area (Å²) in [5.74, 6) is 0.698. The number of benzene rings is 10. The highest BCUT2D eigenvalue weighted by Gasteiger charge is 2.25. The summed E-state index contributed by atoms with van der Waals surface area (Å²) < 4.78 is 0. The van der Waals surface area contributed by atoms with Gasteiger partial charge < -0.3 is 9.80 Å². The van der Waals surface area contributed by atoms with Gasteiger partial charge >= 0.3 is 0 Å². The maximum absolute atomic E-state index is 2.52. The van der Waals surface area contributed by atoms with Gasteiger partial charge in [-0.25, -0.2) is 0 Å². The lowest BCUT2D eigenvalue weighted by Crippen LogP contribution is -2.37. The average Bonchev–Trinajstić information content (AvgIpc) is 3.31. The molecule has 66 heavy (non-hydrogen) atoms. The van der Waals surface area contributed by atoms with Gasteiger partial charge in [-0.3, -0.25) is 0 Å². The van der Waals surface area contributed by atoms with Crippen molar-refractivity contribution in [3.63, 3.8) is 0 Å². The number of hydrogen-bond acceptors (Lipinski definition) is 2. The Bertz CT molecular complexity index is 3440. The summed E-state index contributed by atoms with van der Waals surface area (Å²) in [6.07, 6.45) is 0. The minimum Gasteiger partial charge on any atom is -0.310 e. The van der Waals surface area contributed by atoms with Gasteiger partial charge in [-0.1, -0.05) is 199 Å². The summed E-state index contributed by atoms with van der Waals surface area (Å²) in [4.78, 5) is 5.03. The topological polar surface area (TPSA) is 6.48 Å². The number of fused-ring (bicyclic) bond motifs is 7. The quantitative estimate of drug-likeness (QED) is 0.0997. The number of anilines is 6. The number of rotatable bonds is 10. The second-order valence-corrected chi connectivity index (χ2v) is 31.3. The van der Waals surface area contributed by atoms with Crippen LogP contribution < -0.4 is 20.2 Å². The fourth-order valence-electron chi connectivity index (χ4n) is 9.84. The van der Waals surface area contributed by atoms with Gasteiger partial charge in [-0.2, -0.15) is 0 Å². The second kappa shape index (κ2) is 16.8. The lowest BCUT2D eigenvalue weighted by molar-refractivity contribution is 0.868. The first-order chi connectivity index (χ1) is 31.6. The highest BCUT2D eigenvalue weighted by atomic mass is 28.3. The lowest BCUT2D eigenvalue weighted by Gasteiger charge is -2.30. The van der Waals surface area contributed by atoms with Gasteiger partial charge in [0.2, 0.25) is 0 Å². The molecule has 4 heteroatoms. The summed E-state index contributed by atoms with van der Waals surface area (Å²) in [7, 11) is -3.07. The normalized spacial score (nSPS) is 12.4. The van der Waals surface area contributed by atoms with E-state index in [0.717, 1.165) is 17.1 Å². The molecule has 0 unspecified atom stereocenters. The van der Waals surface area contributed by atoms with Gasteiger partial charge in [0.1, 0.15) is 0 Å². The number of nitrogens with zero attached hydrogens (tertiary/aromatic N) is 2. The van der Waals surface area contributed by atoms with Crippen LogP contribution in [0.4, 0.5) is 34.1 Å². The smallest absolute Gasteiger partial charge is 0.0775 e. The van der Waals surface area contributed by atoms with E-state index >= 15 is 0 Å². The Hall–Kier alpha value is -6.47. The SMILES string of the molecule is CC(C)c1ccc2c(N(c3ccc([Si](C)(C)C)cc3)c3ccc4ccccc4c3)cc3c4cc(C(C)C)cc(N(c5ccc([Si](C)(C)C)cc5)c5ccc6ccccc6c5)c4ccc3c2c1. The third-order valence-electron chi connectivity index (χ3n) is 13.8. The molecule has 0 saturated heterocycles. The van der Waals surface area contributed by atoms with Crippen LogP contribution in [0.3, 0.4) is 0 Å². The van der Waals surface area contributed by atoms with Crippen molar-refractivity contribution >= 4 is 115 Å². The average molecular weight is 891 g/mol. The van der Waals surface area contributed by atoms with E-state index in [4.69, 9.17) is 0 Å². The van der Waals surface area contributed by atoms with Crippen LogP contribution in [0.2, 0.25) is 39.3 Å². The zero-order chi connectivity index (χ0) is 46.1. The van der Waals surface area contributed by atoms with Gasteiger partial charge in [0.15, 0.2) is 0 Å². The Morgan fingerprint density at radius 3 is 1.15 bits per heavy atom. The summed E-state index contributed by atoms with van der Waals surface area (Å²) in [5, 5.41) is 15.4. The lowest BCUT2D eigenvalue weighted by atomic mass is 9.89. The molecule has 0 heterocycles. The van der Waals surface area contributed by atoms with Crippen molar-refractivity contribution in [2.75, 3.05) is 9.80 Å². The molecule has 2 nitrogen and oxygen atoms in total. The van der Waals surface area contributed by atoms with Crippen LogP contribution in [0.1, 0.15) is 50.7 Å². The standard InChI is InChI=1S/C62H62N2Si2/c1-41(2)45-21-32-56-58(37-45)55-33-34-57-59(60(55)40-62(56)64(50-26-30-54(31-27-50)66(8,9)10)52-23-20-44-16-12-14-18-47(44)36-52)38-48(42(3)4)39-61(57)63(49-24-28-53(29-25-49)65(5,6)7)51-22-19-43-15-11-13-17-46(43)35-51/h11-42H,1-10H3. The first-order valence-electron chi connectivity index (χ1n) is 23.9. The zero-order valence-corrected chi connectivity index (χ0v) is 42.4. The van der Waals surface area contributed by atoms with E-state index < -0.39 is 16.1 Å². The fraction of sp³-hybridized carbons (Fsp3) is 0.194. The van der Waals surface area contributed by atoms with Gasteiger partial charge in [0, 0.05) is 33.5 Å². The first-order valence-corrected chi connectivity index (χ1v) is 30.9. The predicted octanol–water partition coefficient (Wildman–Crippen LogP) is 17.7. The van der Waals surface area contributed by atoms with Crippen LogP contribution in [0.5, 0.6) is 0 Å². The van der Waals surface area contributed by atoms with Gasteiger partial charge in [-0.05, 0) is 127 Å². The van der Waals surface area contributed by atoms with E-state index in [1.165, 1.54) is 92.4 Å². The van der Waals surface area contributed by atoms with E-state index in [9.17, 15) is 0 Å². The molecule has 0 fully saturated rings. The molecule has 10 aromatic carbocycles. The molecule has 0 aliphatic rings. The minimum atomic E-state index is -1.54. The molecule has 0 aromatic heterocycles. The molecule has 10 aromatic rings. The van der Waals surface area contributed by atoms with E-state index in [1.807, 2.05) is 0 Å². The molecule has 0 spiro atoms. The molecule has 0 N–H and O–H groups in total. The van der Waals surface area contributed by atoms with E-state index in [1.54, 1.807) is 0 Å². The molecular formula is C62H62N2Si2. The van der Waals surface area contributed by atoms with Gasteiger partial charge in [0.25, 0.3) is 0 Å². The molecule has 0 amide bonds. The Labute approximate surface area is 394 Å². The minimum absolute atomic E-state index is 0.308. The van der Waals surface area contributed by atoms with Crippen molar-refractivity contribution in [1.29, 1.82) is 0 Å². The molecule has 10 rings (SSSR count). The van der Waals surface area contributed by atoms with Crippen molar-refractivity contribution in [3.05, 3.63) is 193 Å². The molecule has 0 saturated carbocycles. The molecule has 0 atom stereocenters. The van der Waals surface area contributed by atoms with Gasteiger partial charge in [0.05, 0.1) is 27.5 Å². The summed E-state index contributed by atoms with van der Waals surface area (Å²) in [6, 6.07) is 69.7. The van der Waals surface area contributed by atoms with Gasteiger partial charge in [-0.15, -0.1) is 0 Å². The maximum Gasteiger partial charge on any atom is 0.0775 e. The second-order valence-electron chi connectivity index (χ2n) is 21.1. The van der Waals surface area contributed by atoms with Crippen LogP contribution in [0, 0.1) is 0 Å². The molecular weight excluding hydrogens is 829 g/mol. The van der Waals surface area contributed by atoms with E-state index in [0.29, 0.717) is 11.8 Å². The maximum atomic E-state index is 2.52. The molecule has 0 aliphatic carbocycles. The highest BCUT2D eigenvalue weighted by molar-refractivity contribution is 6.89. The van der Waals surface area contributed by atoms with Crippen LogP contribution in [0.25, 0.3) is 53.9 Å². The first kappa shape index (κ1) is 43.4. The third-order valence-corrected chi connectivity index (χ3v) is 18.0. The Morgan fingerprint density at radius 1 is 0.303 bits per heavy atom. The van der Waals surface area contributed by atoms with Crippen molar-refractivity contribution in [2.24, 2.45) is 0 Å². The van der Waals surface area contributed by atoms with Crippen LogP contribution in [0.15, 0.2) is 182 Å². The molecule has 0 bridgehead atoms. The number of hydrogen-bond donors (Lipinski definition) is 0. The Morgan fingerprint density at radius 2 is 0.682 bits per heavy atom. The molecule has 328 valence electrons. The Balaban J connectivity index is 1.30. The Kier molecular flexibility index (Phi) is 11.0. The zero-order valence-electron chi connectivity index (χ0n) is 40.4. The molecule has 0 aliphatic heterocycles. The van der Waals surface area contributed by atoms with Crippen LogP contribution in [-0.2, 0) is 0 Å².